The van der Waals surface area contributed by atoms with Crippen LogP contribution in [-0.2, 0) is 19.1 Å². The molecule has 30 heavy (non-hydrogen) atoms. The summed E-state index contributed by atoms with van der Waals surface area (Å²) in [6.45, 7) is 3.57. The van der Waals surface area contributed by atoms with Gasteiger partial charge in [-0.3, -0.25) is 24.1 Å². The van der Waals surface area contributed by atoms with Crippen LogP contribution in [0.5, 0.6) is 0 Å². The number of ketones is 1. The number of amides is 2. The van der Waals surface area contributed by atoms with Crippen molar-refractivity contribution in [2.24, 2.45) is 35.5 Å². The number of hydrogen-bond donors (Lipinski definition) is 0. The zero-order chi connectivity index (χ0) is 21.2. The molecule has 1 aromatic carbocycles. The van der Waals surface area contributed by atoms with Gasteiger partial charge in [-0.25, -0.2) is 0 Å². The number of allylic oxidation sites excluding steroid dienone is 2. The van der Waals surface area contributed by atoms with Crippen LogP contribution in [0.3, 0.4) is 0 Å². The number of imide groups is 1. The van der Waals surface area contributed by atoms with Gasteiger partial charge in [0, 0.05) is 12.1 Å². The number of rotatable bonds is 6. The van der Waals surface area contributed by atoms with Gasteiger partial charge in [0.2, 0.25) is 11.8 Å². The average Bonchev–Trinajstić information content (AvgIpc) is 3.51. The van der Waals surface area contributed by atoms with Crippen LogP contribution in [0, 0.1) is 49.4 Å². The van der Waals surface area contributed by atoms with E-state index in [1.165, 1.54) is 4.90 Å². The Labute approximate surface area is 175 Å². The molecule has 1 heterocycles. The van der Waals surface area contributed by atoms with Crippen molar-refractivity contribution in [1.82, 2.24) is 4.90 Å². The van der Waals surface area contributed by atoms with Gasteiger partial charge in [-0.1, -0.05) is 24.3 Å². The lowest BCUT2D eigenvalue weighted by Gasteiger charge is -2.37. The topological polar surface area (TPSA) is 80.8 Å². The molecule has 1 saturated heterocycles. The third-order valence-corrected chi connectivity index (χ3v) is 7.49. The van der Waals surface area contributed by atoms with Crippen LogP contribution in [0.2, 0.25) is 0 Å². The van der Waals surface area contributed by atoms with Crippen LogP contribution in [0.25, 0.3) is 0 Å². The molecule has 0 aromatic heterocycles. The third kappa shape index (κ3) is 2.92. The van der Waals surface area contributed by atoms with Gasteiger partial charge in [-0.15, -0.1) is 0 Å². The van der Waals surface area contributed by atoms with Gasteiger partial charge in [-0.2, -0.15) is 0 Å². The van der Waals surface area contributed by atoms with Crippen LogP contribution < -0.4 is 0 Å². The standard InChI is InChI=1S/C24H25NO5/c1-12-3-4-14(9-13(12)2)19(26)11-30-20(27)7-8-25-23(28)21-15-5-6-16(18-10-17(15)18)22(21)24(25)29/h3-6,9,15-18,21-22H,7-8,10-11H2,1-2H3/t15-,16-,17-,18+,21+,22+/m0/s1. The largest absolute Gasteiger partial charge is 0.457 e. The maximum Gasteiger partial charge on any atom is 0.308 e. The Hall–Kier alpha value is -2.76. The lowest BCUT2D eigenvalue weighted by molar-refractivity contribution is -0.145. The third-order valence-electron chi connectivity index (χ3n) is 7.49. The summed E-state index contributed by atoms with van der Waals surface area (Å²) >= 11 is 0. The molecule has 2 bridgehead atoms. The molecule has 4 aliphatic carbocycles. The maximum absolute atomic E-state index is 12.9. The highest BCUT2D eigenvalue weighted by atomic mass is 16.5. The van der Waals surface area contributed by atoms with Gasteiger partial charge >= 0.3 is 5.97 Å². The molecule has 6 atom stereocenters. The molecule has 3 fully saturated rings. The average molecular weight is 407 g/mol. The van der Waals surface area contributed by atoms with E-state index in [9.17, 15) is 19.2 Å². The van der Waals surface area contributed by atoms with Crippen LogP contribution in [0.1, 0.15) is 34.3 Å². The van der Waals surface area contributed by atoms with Crippen molar-refractivity contribution < 1.29 is 23.9 Å². The number of likely N-dealkylation sites (tertiary alicyclic amines) is 1. The molecule has 0 radical (unpaired) electrons. The van der Waals surface area contributed by atoms with Crippen molar-refractivity contribution in [3.05, 3.63) is 47.0 Å². The summed E-state index contributed by atoms with van der Waals surface area (Å²) in [6.07, 6.45) is 5.28. The van der Waals surface area contributed by atoms with Crippen molar-refractivity contribution in [2.75, 3.05) is 13.2 Å². The molecule has 0 N–H and O–H groups in total. The van der Waals surface area contributed by atoms with Crippen LogP contribution in [0.4, 0.5) is 0 Å². The smallest absolute Gasteiger partial charge is 0.308 e. The fraction of sp³-hybridized carbons (Fsp3) is 0.500. The van der Waals surface area contributed by atoms with Crippen molar-refractivity contribution in [1.29, 1.82) is 0 Å². The van der Waals surface area contributed by atoms with Crippen LogP contribution in [0.15, 0.2) is 30.4 Å². The SMILES string of the molecule is Cc1ccc(C(=O)COC(=O)CCN2C(=O)[C@@H]3[C@H]4C=C[C@@H]([C@@H]5C[C@H]45)[C@H]3C2=O)cc1C. The van der Waals surface area contributed by atoms with E-state index in [0.29, 0.717) is 17.4 Å². The lowest BCUT2D eigenvalue weighted by atomic mass is 9.63. The number of carbonyl (C=O) groups is 4. The molecule has 2 saturated carbocycles. The van der Waals surface area contributed by atoms with Crippen molar-refractivity contribution in [2.45, 2.75) is 26.7 Å². The number of benzene rings is 1. The highest BCUT2D eigenvalue weighted by molar-refractivity contribution is 6.06. The van der Waals surface area contributed by atoms with Gasteiger partial charge in [0.25, 0.3) is 0 Å². The summed E-state index contributed by atoms with van der Waals surface area (Å²) in [5.74, 6) is -0.180. The predicted molar refractivity (Wildman–Crippen MR) is 107 cm³/mol. The molecule has 156 valence electrons. The van der Waals surface area contributed by atoms with Crippen molar-refractivity contribution in [3.63, 3.8) is 0 Å². The summed E-state index contributed by atoms with van der Waals surface area (Å²) < 4.78 is 5.11. The molecule has 6 rings (SSSR count). The molecule has 1 aliphatic heterocycles. The van der Waals surface area contributed by atoms with Gasteiger partial charge in [0.05, 0.1) is 18.3 Å². The second-order valence-electron chi connectivity index (χ2n) is 9.12. The van der Waals surface area contributed by atoms with Crippen molar-refractivity contribution >= 4 is 23.6 Å². The van der Waals surface area contributed by atoms with E-state index in [0.717, 1.165) is 17.5 Å². The number of esters is 1. The van der Waals surface area contributed by atoms with Gasteiger partial charge in [0.15, 0.2) is 12.4 Å². The first kappa shape index (κ1) is 19.2. The molecule has 2 amide bonds. The van der Waals surface area contributed by atoms with Crippen LogP contribution in [-0.4, -0.2) is 41.6 Å². The summed E-state index contributed by atoms with van der Waals surface area (Å²) in [7, 11) is 0. The second-order valence-corrected chi connectivity index (χ2v) is 9.12. The van der Waals surface area contributed by atoms with E-state index in [1.54, 1.807) is 12.1 Å². The first-order valence-corrected chi connectivity index (χ1v) is 10.7. The monoisotopic (exact) mass is 407 g/mol. The van der Waals surface area contributed by atoms with E-state index >= 15 is 0 Å². The summed E-state index contributed by atoms with van der Waals surface area (Å²) in [6, 6.07) is 5.36. The number of ether oxygens (including phenoxy) is 1. The highest BCUT2D eigenvalue weighted by Crippen LogP contribution is 2.65. The van der Waals surface area contributed by atoms with E-state index in [1.807, 2.05) is 19.9 Å². The molecule has 0 unspecified atom stereocenters. The summed E-state index contributed by atoms with van der Waals surface area (Å²) in [5, 5.41) is 0. The molecule has 0 spiro atoms. The molecule has 5 aliphatic rings. The Kier molecular flexibility index (Phi) is 4.42. The molecule has 6 nitrogen and oxygen atoms in total. The van der Waals surface area contributed by atoms with E-state index < -0.39 is 5.97 Å². The van der Waals surface area contributed by atoms with E-state index in [4.69, 9.17) is 4.74 Å². The van der Waals surface area contributed by atoms with Gasteiger partial charge in [-0.05, 0) is 61.1 Å². The molecular weight excluding hydrogens is 382 g/mol. The summed E-state index contributed by atoms with van der Waals surface area (Å²) in [5.41, 5.74) is 2.59. The second kappa shape index (κ2) is 6.89. The zero-order valence-corrected chi connectivity index (χ0v) is 17.2. The number of aryl methyl sites for hydroxylation is 2. The first-order valence-electron chi connectivity index (χ1n) is 10.7. The molecule has 1 aromatic rings. The van der Waals surface area contributed by atoms with E-state index in [-0.39, 0.29) is 60.8 Å². The van der Waals surface area contributed by atoms with Gasteiger partial charge < -0.3 is 4.74 Å². The number of hydrogen-bond acceptors (Lipinski definition) is 5. The van der Waals surface area contributed by atoms with Gasteiger partial charge in [0.1, 0.15) is 0 Å². The Balaban J connectivity index is 1.15. The normalized spacial score (nSPS) is 32.8. The lowest BCUT2D eigenvalue weighted by Crippen LogP contribution is -2.40. The number of carbonyl (C=O) groups excluding carboxylic acids is 4. The Bertz CT molecular complexity index is 959. The predicted octanol–water partition coefficient (Wildman–Crippen LogP) is 2.47. The number of Topliss-reactive ketones (excluding diaryl/α,β-unsaturated/α-hetero) is 1. The fourth-order valence-electron chi connectivity index (χ4n) is 5.66. The fourth-order valence-corrected chi connectivity index (χ4v) is 5.66. The minimum Gasteiger partial charge on any atom is -0.457 e. The molecule has 6 heteroatoms. The minimum atomic E-state index is -0.577. The first-order chi connectivity index (χ1) is 14.4. The number of nitrogens with zero attached hydrogens (tertiary/aromatic N) is 1. The highest BCUT2D eigenvalue weighted by Gasteiger charge is 2.66. The minimum absolute atomic E-state index is 0.0239. The Morgan fingerprint density at radius 1 is 1.00 bits per heavy atom. The molecular formula is C24H25NO5. The summed E-state index contributed by atoms with van der Waals surface area (Å²) in [4.78, 5) is 51.4. The quantitative estimate of drug-likeness (QED) is 0.313. The maximum atomic E-state index is 12.9. The van der Waals surface area contributed by atoms with E-state index in [2.05, 4.69) is 12.2 Å². The Morgan fingerprint density at radius 3 is 2.23 bits per heavy atom. The van der Waals surface area contributed by atoms with Crippen LogP contribution >= 0.6 is 0 Å². The van der Waals surface area contributed by atoms with Crippen molar-refractivity contribution in [3.8, 4) is 0 Å². The zero-order valence-electron chi connectivity index (χ0n) is 17.2. The Morgan fingerprint density at radius 2 is 1.63 bits per heavy atom.